The molecule has 0 aromatic heterocycles. The van der Waals surface area contributed by atoms with Gasteiger partial charge in [0, 0.05) is 26.6 Å². The lowest BCUT2D eigenvalue weighted by Gasteiger charge is -2.45. The molecule has 1 aliphatic carbocycles. The molecule has 0 spiro atoms. The molecule has 1 saturated carbocycles. The first-order valence-electron chi connectivity index (χ1n) is 7.51. The molecule has 0 aromatic rings. The zero-order valence-corrected chi connectivity index (χ0v) is 12.4. The van der Waals surface area contributed by atoms with Gasteiger partial charge >= 0.3 is 0 Å². The van der Waals surface area contributed by atoms with Crippen molar-refractivity contribution in [1.29, 1.82) is 5.26 Å². The Bertz CT molecular complexity index is 437. The molecule has 1 heterocycles. The molecule has 1 atom stereocenters. The number of hydrogen-bond acceptors (Lipinski definition) is 3. The molecule has 20 heavy (non-hydrogen) atoms. The second kappa shape index (κ2) is 5.82. The van der Waals surface area contributed by atoms with E-state index in [1.807, 2.05) is 6.92 Å². The van der Waals surface area contributed by atoms with Gasteiger partial charge in [0.2, 0.25) is 11.8 Å². The van der Waals surface area contributed by atoms with E-state index in [2.05, 4.69) is 6.07 Å². The number of nitriles is 1. The summed E-state index contributed by atoms with van der Waals surface area (Å²) in [5.74, 6) is -0.00118. The van der Waals surface area contributed by atoms with Crippen LogP contribution in [-0.2, 0) is 9.59 Å². The molecule has 1 saturated heterocycles. The largest absolute Gasteiger partial charge is 0.342 e. The third kappa shape index (κ3) is 2.52. The van der Waals surface area contributed by atoms with Crippen LogP contribution in [0.1, 0.15) is 45.4 Å². The maximum absolute atomic E-state index is 12.6. The van der Waals surface area contributed by atoms with Gasteiger partial charge in [0.1, 0.15) is 5.54 Å². The van der Waals surface area contributed by atoms with Crippen molar-refractivity contribution in [2.45, 2.75) is 51.0 Å². The molecule has 0 radical (unpaired) electrons. The number of amides is 2. The van der Waals surface area contributed by atoms with Crippen LogP contribution in [0.15, 0.2) is 0 Å². The molecule has 110 valence electrons. The van der Waals surface area contributed by atoms with Crippen LogP contribution in [0.25, 0.3) is 0 Å². The van der Waals surface area contributed by atoms with E-state index in [1.165, 1.54) is 0 Å². The number of likely N-dealkylation sites (tertiary alicyclic amines) is 1. The number of piperidine rings is 1. The van der Waals surface area contributed by atoms with E-state index >= 15 is 0 Å². The average Bonchev–Trinajstić information content (AvgIpc) is 2.45. The lowest BCUT2D eigenvalue weighted by molar-refractivity contribution is -0.144. The van der Waals surface area contributed by atoms with Gasteiger partial charge in [0.05, 0.1) is 12.0 Å². The van der Waals surface area contributed by atoms with Crippen molar-refractivity contribution < 1.29 is 9.59 Å². The molecular weight excluding hydrogens is 254 g/mol. The Morgan fingerprint density at radius 1 is 1.40 bits per heavy atom. The molecule has 5 nitrogen and oxygen atoms in total. The van der Waals surface area contributed by atoms with Gasteiger partial charge < -0.3 is 9.80 Å². The summed E-state index contributed by atoms with van der Waals surface area (Å²) in [4.78, 5) is 27.8. The second-order valence-electron chi connectivity index (χ2n) is 5.93. The van der Waals surface area contributed by atoms with Gasteiger partial charge in [-0.05, 0) is 32.1 Å². The molecule has 2 aliphatic rings. The summed E-state index contributed by atoms with van der Waals surface area (Å²) >= 11 is 0. The lowest BCUT2D eigenvalue weighted by Crippen LogP contribution is -2.56. The molecule has 5 heteroatoms. The highest BCUT2D eigenvalue weighted by Crippen LogP contribution is 2.37. The van der Waals surface area contributed by atoms with E-state index in [-0.39, 0.29) is 17.7 Å². The van der Waals surface area contributed by atoms with Crippen LogP contribution in [0.5, 0.6) is 0 Å². The van der Waals surface area contributed by atoms with Crippen molar-refractivity contribution in [2.24, 2.45) is 5.92 Å². The Labute approximate surface area is 120 Å². The van der Waals surface area contributed by atoms with Gasteiger partial charge in [0.15, 0.2) is 0 Å². The van der Waals surface area contributed by atoms with Crippen LogP contribution in [0.3, 0.4) is 0 Å². The average molecular weight is 277 g/mol. The zero-order valence-electron chi connectivity index (χ0n) is 12.4. The number of carbonyl (C=O) groups is 2. The monoisotopic (exact) mass is 277 g/mol. The van der Waals surface area contributed by atoms with Gasteiger partial charge in [-0.25, -0.2) is 0 Å². The fraction of sp³-hybridized carbons (Fsp3) is 0.800. The number of carbonyl (C=O) groups excluding carboxylic acids is 2. The van der Waals surface area contributed by atoms with Gasteiger partial charge in [-0.15, -0.1) is 0 Å². The number of nitrogens with zero attached hydrogens (tertiary/aromatic N) is 3. The van der Waals surface area contributed by atoms with Crippen molar-refractivity contribution in [3.63, 3.8) is 0 Å². The van der Waals surface area contributed by atoms with Crippen LogP contribution in [0.2, 0.25) is 0 Å². The van der Waals surface area contributed by atoms with Crippen LogP contribution in [0.4, 0.5) is 0 Å². The third-order valence-corrected chi connectivity index (χ3v) is 4.79. The van der Waals surface area contributed by atoms with Crippen molar-refractivity contribution in [3.8, 4) is 6.07 Å². The number of rotatable bonds is 3. The van der Waals surface area contributed by atoms with E-state index in [0.717, 1.165) is 38.6 Å². The molecular formula is C15H23N3O2. The molecule has 2 amide bonds. The van der Waals surface area contributed by atoms with Crippen LogP contribution >= 0.6 is 0 Å². The fourth-order valence-corrected chi connectivity index (χ4v) is 3.15. The molecule has 2 rings (SSSR count). The van der Waals surface area contributed by atoms with Crippen LogP contribution in [0, 0.1) is 17.2 Å². The van der Waals surface area contributed by atoms with E-state index in [4.69, 9.17) is 0 Å². The Morgan fingerprint density at radius 2 is 2.10 bits per heavy atom. The summed E-state index contributed by atoms with van der Waals surface area (Å²) in [6, 6.07) is 2.30. The minimum atomic E-state index is -0.589. The van der Waals surface area contributed by atoms with Gasteiger partial charge in [-0.1, -0.05) is 6.92 Å². The molecule has 0 aromatic carbocycles. The Balaban J connectivity index is 2.02. The predicted molar refractivity (Wildman–Crippen MR) is 74.6 cm³/mol. The van der Waals surface area contributed by atoms with E-state index in [9.17, 15) is 14.9 Å². The minimum Gasteiger partial charge on any atom is -0.342 e. The summed E-state index contributed by atoms with van der Waals surface area (Å²) in [6.45, 7) is 3.11. The van der Waals surface area contributed by atoms with Crippen LogP contribution < -0.4 is 0 Å². The zero-order chi connectivity index (χ0) is 14.8. The maximum atomic E-state index is 12.6. The molecule has 0 unspecified atom stereocenters. The number of hydrogen-bond donors (Lipinski definition) is 0. The van der Waals surface area contributed by atoms with Crippen molar-refractivity contribution in [2.75, 3.05) is 20.1 Å². The summed E-state index contributed by atoms with van der Waals surface area (Å²) in [5, 5.41) is 9.32. The lowest BCUT2D eigenvalue weighted by atomic mass is 9.76. The predicted octanol–water partition coefficient (Wildman–Crippen LogP) is 1.54. The SMILES string of the molecule is CCC(=O)N1CCC[C@@H](C(=O)N(C)C2(C#N)CCC2)C1. The first-order valence-corrected chi connectivity index (χ1v) is 7.51. The van der Waals surface area contributed by atoms with E-state index < -0.39 is 5.54 Å². The smallest absolute Gasteiger partial charge is 0.228 e. The quantitative estimate of drug-likeness (QED) is 0.786. The van der Waals surface area contributed by atoms with Crippen molar-refractivity contribution >= 4 is 11.8 Å². The van der Waals surface area contributed by atoms with Crippen LogP contribution in [-0.4, -0.2) is 47.3 Å². The molecule has 0 bridgehead atoms. The van der Waals surface area contributed by atoms with Crippen molar-refractivity contribution in [1.82, 2.24) is 9.80 Å². The minimum absolute atomic E-state index is 0.0276. The molecule has 0 N–H and O–H groups in total. The fourth-order valence-electron chi connectivity index (χ4n) is 3.15. The third-order valence-electron chi connectivity index (χ3n) is 4.79. The molecule has 2 fully saturated rings. The summed E-state index contributed by atoms with van der Waals surface area (Å²) < 4.78 is 0. The van der Waals surface area contributed by atoms with Crippen molar-refractivity contribution in [3.05, 3.63) is 0 Å². The Kier molecular flexibility index (Phi) is 4.32. The summed E-state index contributed by atoms with van der Waals surface area (Å²) in [6.07, 6.45) is 4.73. The Hall–Kier alpha value is -1.57. The highest BCUT2D eigenvalue weighted by atomic mass is 16.2. The Morgan fingerprint density at radius 3 is 2.60 bits per heavy atom. The summed E-state index contributed by atoms with van der Waals surface area (Å²) in [7, 11) is 1.74. The summed E-state index contributed by atoms with van der Waals surface area (Å²) in [5.41, 5.74) is -0.589. The highest BCUT2D eigenvalue weighted by Gasteiger charge is 2.45. The van der Waals surface area contributed by atoms with E-state index in [0.29, 0.717) is 13.0 Å². The second-order valence-corrected chi connectivity index (χ2v) is 5.93. The van der Waals surface area contributed by atoms with E-state index in [1.54, 1.807) is 16.8 Å². The van der Waals surface area contributed by atoms with Gasteiger partial charge in [-0.3, -0.25) is 9.59 Å². The topological polar surface area (TPSA) is 64.4 Å². The molecule has 1 aliphatic heterocycles. The first kappa shape index (κ1) is 14.8. The van der Waals surface area contributed by atoms with Gasteiger partial charge in [0.25, 0.3) is 0 Å². The normalized spacial score (nSPS) is 24.4. The van der Waals surface area contributed by atoms with Gasteiger partial charge in [-0.2, -0.15) is 5.26 Å². The standard InChI is InChI=1S/C15H23N3O2/c1-3-13(19)18-9-4-6-12(10-18)14(20)17(2)15(11-16)7-5-8-15/h12H,3-10H2,1-2H3/t12-/m1/s1. The maximum Gasteiger partial charge on any atom is 0.228 e. The first-order chi connectivity index (χ1) is 9.54. The highest BCUT2D eigenvalue weighted by molar-refractivity contribution is 5.82.